The maximum atomic E-state index is 11.4. The molecule has 140 valence electrons. The number of rotatable bonds is 3. The van der Waals surface area contributed by atoms with Crippen molar-refractivity contribution < 1.29 is 10.0 Å². The standard InChI is InChI=1S/C20H18N6O2/c27-19(25-28)13-9-22-20(23-10-13)26-7-5-18-15(11-26)14-8-12(3-4-17(14)24-18)16-2-1-6-21-16/h1-4,6,8-10,21,24,28H,5,7,11H2,(H,25,27). The minimum atomic E-state index is -0.624. The van der Waals surface area contributed by atoms with Gasteiger partial charge in [0.15, 0.2) is 0 Å². The lowest BCUT2D eigenvalue weighted by atomic mass is 10.0. The number of aromatic nitrogens is 4. The summed E-state index contributed by atoms with van der Waals surface area (Å²) in [4.78, 5) is 28.9. The zero-order chi connectivity index (χ0) is 19.1. The largest absolute Gasteiger partial charge is 0.361 e. The van der Waals surface area contributed by atoms with Crippen LogP contribution in [0, 0.1) is 0 Å². The van der Waals surface area contributed by atoms with E-state index in [0.717, 1.165) is 29.7 Å². The first-order chi connectivity index (χ1) is 13.7. The van der Waals surface area contributed by atoms with Crippen molar-refractivity contribution in [2.24, 2.45) is 0 Å². The molecular weight excluding hydrogens is 356 g/mol. The van der Waals surface area contributed by atoms with Gasteiger partial charge in [0.05, 0.1) is 5.56 Å². The third-order valence-corrected chi connectivity index (χ3v) is 5.17. The highest BCUT2D eigenvalue weighted by molar-refractivity contribution is 5.92. The molecule has 4 N–H and O–H groups in total. The number of benzene rings is 1. The lowest BCUT2D eigenvalue weighted by Crippen LogP contribution is -2.31. The van der Waals surface area contributed by atoms with Gasteiger partial charge in [0.25, 0.3) is 5.91 Å². The number of hydrogen-bond acceptors (Lipinski definition) is 5. The molecule has 0 aliphatic carbocycles. The second kappa shape index (κ2) is 6.50. The van der Waals surface area contributed by atoms with Crippen LogP contribution < -0.4 is 10.4 Å². The van der Waals surface area contributed by atoms with Crippen molar-refractivity contribution in [1.82, 2.24) is 25.4 Å². The molecular formula is C20H18N6O2. The summed E-state index contributed by atoms with van der Waals surface area (Å²) in [5, 5.41) is 9.91. The molecule has 28 heavy (non-hydrogen) atoms. The van der Waals surface area contributed by atoms with Gasteiger partial charge >= 0.3 is 0 Å². The van der Waals surface area contributed by atoms with E-state index in [4.69, 9.17) is 5.21 Å². The molecule has 1 amide bonds. The highest BCUT2D eigenvalue weighted by Crippen LogP contribution is 2.32. The SMILES string of the molecule is O=C(NO)c1cnc(N2CCc3[nH]c4ccc(-c5ccc[nH]5)cc4c3C2)nc1. The van der Waals surface area contributed by atoms with E-state index in [0.29, 0.717) is 12.5 Å². The average molecular weight is 374 g/mol. The van der Waals surface area contributed by atoms with Crippen LogP contribution in [0.2, 0.25) is 0 Å². The fraction of sp³-hybridized carbons (Fsp3) is 0.150. The number of hydrogen-bond donors (Lipinski definition) is 4. The Kier molecular flexibility index (Phi) is 3.84. The van der Waals surface area contributed by atoms with Crippen LogP contribution in [0.4, 0.5) is 5.95 Å². The average Bonchev–Trinajstić information content (AvgIpc) is 3.40. The molecule has 3 aromatic heterocycles. The number of H-pyrrole nitrogens is 2. The summed E-state index contributed by atoms with van der Waals surface area (Å²) < 4.78 is 0. The van der Waals surface area contributed by atoms with Crippen molar-refractivity contribution in [2.45, 2.75) is 13.0 Å². The van der Waals surface area contributed by atoms with E-state index in [1.54, 1.807) is 5.48 Å². The van der Waals surface area contributed by atoms with Crippen LogP contribution in [0.5, 0.6) is 0 Å². The first-order valence-electron chi connectivity index (χ1n) is 9.01. The summed E-state index contributed by atoms with van der Waals surface area (Å²) in [6.45, 7) is 1.48. The van der Waals surface area contributed by atoms with E-state index >= 15 is 0 Å². The van der Waals surface area contributed by atoms with Crippen molar-refractivity contribution in [3.05, 3.63) is 65.7 Å². The molecule has 1 aliphatic rings. The Morgan fingerprint density at radius 3 is 2.82 bits per heavy atom. The number of amides is 1. The second-order valence-electron chi connectivity index (χ2n) is 6.81. The van der Waals surface area contributed by atoms with Crippen LogP contribution >= 0.6 is 0 Å². The van der Waals surface area contributed by atoms with E-state index in [2.05, 4.69) is 49.1 Å². The first-order valence-corrected chi connectivity index (χ1v) is 9.01. The fourth-order valence-corrected chi connectivity index (χ4v) is 3.73. The molecule has 4 aromatic rings. The van der Waals surface area contributed by atoms with Crippen molar-refractivity contribution in [2.75, 3.05) is 11.4 Å². The highest BCUT2D eigenvalue weighted by Gasteiger charge is 2.23. The zero-order valence-electron chi connectivity index (χ0n) is 14.9. The number of nitrogens with one attached hydrogen (secondary N) is 3. The monoisotopic (exact) mass is 374 g/mol. The van der Waals surface area contributed by atoms with Gasteiger partial charge in [-0.3, -0.25) is 10.0 Å². The fourth-order valence-electron chi connectivity index (χ4n) is 3.73. The molecule has 8 heteroatoms. The van der Waals surface area contributed by atoms with Gasteiger partial charge in [-0.15, -0.1) is 0 Å². The molecule has 8 nitrogen and oxygen atoms in total. The molecule has 4 heterocycles. The predicted molar refractivity (Wildman–Crippen MR) is 104 cm³/mol. The molecule has 0 unspecified atom stereocenters. The number of carbonyl (C=O) groups is 1. The Bertz CT molecular complexity index is 1150. The number of fused-ring (bicyclic) bond motifs is 3. The van der Waals surface area contributed by atoms with Gasteiger partial charge in [0.1, 0.15) is 0 Å². The molecule has 0 saturated heterocycles. The van der Waals surface area contributed by atoms with Gasteiger partial charge in [0.2, 0.25) is 5.95 Å². The van der Waals surface area contributed by atoms with Gasteiger partial charge in [-0.05, 0) is 29.8 Å². The summed E-state index contributed by atoms with van der Waals surface area (Å²) in [6, 6.07) is 10.5. The predicted octanol–water partition coefficient (Wildman–Crippen LogP) is 2.63. The Morgan fingerprint density at radius 1 is 1.21 bits per heavy atom. The van der Waals surface area contributed by atoms with Gasteiger partial charge < -0.3 is 14.9 Å². The van der Waals surface area contributed by atoms with Crippen molar-refractivity contribution >= 4 is 22.8 Å². The molecule has 1 aromatic carbocycles. The summed E-state index contributed by atoms with van der Waals surface area (Å²) >= 11 is 0. The molecule has 1 aliphatic heterocycles. The summed E-state index contributed by atoms with van der Waals surface area (Å²) in [6.07, 6.45) is 5.62. The Hall–Kier alpha value is -3.65. The smallest absolute Gasteiger partial charge is 0.277 e. The van der Waals surface area contributed by atoms with Crippen LogP contribution in [0.25, 0.3) is 22.2 Å². The second-order valence-corrected chi connectivity index (χ2v) is 6.81. The number of nitrogens with zero attached hydrogens (tertiary/aromatic N) is 3. The summed E-state index contributed by atoms with van der Waals surface area (Å²) in [5.74, 6) is -0.0593. The van der Waals surface area contributed by atoms with Crippen molar-refractivity contribution in [1.29, 1.82) is 0 Å². The molecule has 0 fully saturated rings. The number of carbonyl (C=O) groups excluding carboxylic acids is 1. The van der Waals surface area contributed by atoms with Crippen molar-refractivity contribution in [3.63, 3.8) is 0 Å². The maximum Gasteiger partial charge on any atom is 0.277 e. The zero-order valence-corrected chi connectivity index (χ0v) is 14.9. The topological polar surface area (TPSA) is 110 Å². The maximum absolute atomic E-state index is 11.4. The highest BCUT2D eigenvalue weighted by atomic mass is 16.5. The number of anilines is 1. The molecule has 0 spiro atoms. The van der Waals surface area contributed by atoms with E-state index in [-0.39, 0.29) is 5.56 Å². The lowest BCUT2D eigenvalue weighted by Gasteiger charge is -2.27. The van der Waals surface area contributed by atoms with Gasteiger partial charge in [-0.1, -0.05) is 6.07 Å². The Balaban J connectivity index is 1.48. The third-order valence-electron chi connectivity index (χ3n) is 5.17. The van der Waals surface area contributed by atoms with E-state index in [1.165, 1.54) is 29.0 Å². The van der Waals surface area contributed by atoms with Crippen LogP contribution in [0.15, 0.2) is 48.9 Å². The van der Waals surface area contributed by atoms with Crippen molar-refractivity contribution in [3.8, 4) is 11.3 Å². The Labute approximate surface area is 160 Å². The van der Waals surface area contributed by atoms with Crippen LogP contribution in [-0.4, -0.2) is 37.6 Å². The molecule has 0 saturated carbocycles. The summed E-state index contributed by atoms with van der Waals surface area (Å²) in [7, 11) is 0. The minimum absolute atomic E-state index is 0.214. The number of hydroxylamine groups is 1. The normalized spacial score (nSPS) is 13.5. The lowest BCUT2D eigenvalue weighted by molar-refractivity contribution is 0.0705. The van der Waals surface area contributed by atoms with Gasteiger partial charge in [-0.2, -0.15) is 0 Å². The molecule has 5 rings (SSSR count). The van der Waals surface area contributed by atoms with Gasteiger partial charge in [-0.25, -0.2) is 15.4 Å². The van der Waals surface area contributed by atoms with Crippen LogP contribution in [0.1, 0.15) is 21.6 Å². The first kappa shape index (κ1) is 16.5. The quantitative estimate of drug-likeness (QED) is 0.325. The third kappa shape index (κ3) is 2.71. The van der Waals surface area contributed by atoms with Crippen LogP contribution in [-0.2, 0) is 13.0 Å². The molecule has 0 radical (unpaired) electrons. The van der Waals surface area contributed by atoms with Gasteiger partial charge in [0, 0.05) is 66.0 Å². The Morgan fingerprint density at radius 2 is 2.07 bits per heavy atom. The summed E-state index contributed by atoms with van der Waals surface area (Å²) in [5.41, 5.74) is 7.65. The molecule has 0 bridgehead atoms. The van der Waals surface area contributed by atoms with E-state index in [1.807, 2.05) is 12.3 Å². The minimum Gasteiger partial charge on any atom is -0.361 e. The number of aromatic amines is 2. The van der Waals surface area contributed by atoms with E-state index in [9.17, 15) is 4.79 Å². The van der Waals surface area contributed by atoms with Crippen LogP contribution in [0.3, 0.4) is 0 Å². The molecule has 0 atom stereocenters. The van der Waals surface area contributed by atoms with E-state index < -0.39 is 5.91 Å².